The fourth-order valence-electron chi connectivity index (χ4n) is 2.79. The van der Waals surface area contributed by atoms with Crippen molar-refractivity contribution < 1.29 is 23.4 Å². The van der Waals surface area contributed by atoms with Crippen molar-refractivity contribution in [3.63, 3.8) is 0 Å². The molecular weight excluding hydrogens is 348 g/mol. The number of hydrogen-bond acceptors (Lipinski definition) is 6. The Morgan fingerprint density at radius 1 is 1.42 bits per heavy atom. The number of carbonyl (C=O) groups excluding carboxylic acids is 1. The number of β-amino-alcohol motifs (C(OH)–C–C–N with tert-alkyl or cyclic N) is 1. The molecule has 0 aliphatic carbocycles. The number of alkyl halides is 2. The first-order valence-electron chi connectivity index (χ1n) is 8.10. The molecule has 1 saturated heterocycles. The molecule has 8 nitrogen and oxygen atoms in total. The lowest BCUT2D eigenvalue weighted by atomic mass is 10.1. The third kappa shape index (κ3) is 3.97. The second kappa shape index (κ2) is 7.75. The lowest BCUT2D eigenvalue weighted by Gasteiger charge is -2.13. The van der Waals surface area contributed by atoms with Gasteiger partial charge in [-0.15, -0.1) is 5.10 Å². The Bertz CT molecular complexity index is 766. The van der Waals surface area contributed by atoms with E-state index in [1.807, 2.05) is 0 Å². The summed E-state index contributed by atoms with van der Waals surface area (Å²) in [7, 11) is 0. The summed E-state index contributed by atoms with van der Waals surface area (Å²) in [6.07, 6.45) is -0.485. The third-order valence-corrected chi connectivity index (χ3v) is 4.25. The van der Waals surface area contributed by atoms with Crippen LogP contribution >= 0.6 is 0 Å². The van der Waals surface area contributed by atoms with E-state index in [2.05, 4.69) is 25.7 Å². The molecule has 0 spiro atoms. The molecule has 1 aliphatic rings. The maximum Gasteiger partial charge on any atom is 0.387 e. The molecule has 3 rings (SSSR count). The summed E-state index contributed by atoms with van der Waals surface area (Å²) in [5.41, 5.74) is 1.24. The van der Waals surface area contributed by atoms with Crippen molar-refractivity contribution in [1.29, 1.82) is 0 Å². The number of halogens is 2. The van der Waals surface area contributed by atoms with Gasteiger partial charge in [-0.05, 0) is 31.2 Å². The molecule has 1 fully saturated rings. The van der Waals surface area contributed by atoms with E-state index in [4.69, 9.17) is 0 Å². The van der Waals surface area contributed by atoms with E-state index >= 15 is 0 Å². The van der Waals surface area contributed by atoms with Gasteiger partial charge in [-0.25, -0.2) is 4.68 Å². The summed E-state index contributed by atoms with van der Waals surface area (Å²) in [6.45, 7) is 0.280. The molecule has 1 aromatic heterocycles. The summed E-state index contributed by atoms with van der Waals surface area (Å²) >= 11 is 0. The second-order valence-corrected chi connectivity index (χ2v) is 6.00. The van der Waals surface area contributed by atoms with Crippen molar-refractivity contribution in [1.82, 2.24) is 25.6 Å². The largest absolute Gasteiger partial charge is 0.435 e. The molecule has 0 saturated carbocycles. The lowest BCUT2D eigenvalue weighted by molar-refractivity contribution is -0.0498. The number of nitrogens with zero attached hydrogens (tertiary/aromatic N) is 3. The van der Waals surface area contributed by atoms with Crippen LogP contribution in [0.1, 0.15) is 16.2 Å². The topological polar surface area (TPSA) is 101 Å². The number of amides is 1. The van der Waals surface area contributed by atoms with E-state index in [1.54, 1.807) is 19.1 Å². The fourth-order valence-corrected chi connectivity index (χ4v) is 2.79. The highest BCUT2D eigenvalue weighted by molar-refractivity contribution is 5.93. The van der Waals surface area contributed by atoms with Gasteiger partial charge in [-0.1, -0.05) is 5.21 Å². The van der Waals surface area contributed by atoms with E-state index in [9.17, 15) is 18.7 Å². The van der Waals surface area contributed by atoms with E-state index in [0.29, 0.717) is 31.0 Å². The van der Waals surface area contributed by atoms with Gasteiger partial charge in [0.15, 0.2) is 5.69 Å². The van der Waals surface area contributed by atoms with Crippen molar-refractivity contribution >= 4 is 5.91 Å². The third-order valence-electron chi connectivity index (χ3n) is 4.25. The fraction of sp³-hybridized carbons (Fsp3) is 0.438. The van der Waals surface area contributed by atoms with Gasteiger partial charge in [0.05, 0.1) is 17.5 Å². The number of nitrogens with one attached hydrogen (secondary N) is 2. The summed E-state index contributed by atoms with van der Waals surface area (Å²) in [5.74, 6) is -0.398. The Morgan fingerprint density at radius 2 is 2.15 bits per heavy atom. The minimum absolute atomic E-state index is 0.0308. The molecule has 1 aromatic carbocycles. The van der Waals surface area contributed by atoms with Crippen molar-refractivity contribution in [3.8, 4) is 11.4 Å². The molecule has 26 heavy (non-hydrogen) atoms. The Balaban J connectivity index is 1.68. The summed E-state index contributed by atoms with van der Waals surface area (Å²) in [6, 6.07) is 5.86. The normalized spacial score (nSPS) is 19.7. The number of aromatic nitrogens is 3. The molecule has 1 amide bonds. The van der Waals surface area contributed by atoms with E-state index in [-0.39, 0.29) is 23.3 Å². The summed E-state index contributed by atoms with van der Waals surface area (Å²) in [4.78, 5) is 12.3. The van der Waals surface area contributed by atoms with Crippen LogP contribution in [0.4, 0.5) is 8.78 Å². The van der Waals surface area contributed by atoms with Gasteiger partial charge >= 0.3 is 6.61 Å². The van der Waals surface area contributed by atoms with Crippen molar-refractivity contribution in [2.24, 2.45) is 5.92 Å². The average Bonchev–Trinajstić information content (AvgIpc) is 3.19. The maximum atomic E-state index is 12.3. The van der Waals surface area contributed by atoms with Gasteiger partial charge in [0.1, 0.15) is 5.75 Å². The zero-order chi connectivity index (χ0) is 18.7. The number of hydrogen-bond donors (Lipinski definition) is 3. The molecule has 3 N–H and O–H groups in total. The minimum atomic E-state index is -2.89. The van der Waals surface area contributed by atoms with Crippen LogP contribution in [0, 0.1) is 12.8 Å². The van der Waals surface area contributed by atoms with Gasteiger partial charge in [0.25, 0.3) is 5.91 Å². The number of aliphatic hydroxyl groups excluding tert-OH is 1. The van der Waals surface area contributed by atoms with Gasteiger partial charge in [0.2, 0.25) is 0 Å². The van der Waals surface area contributed by atoms with E-state index < -0.39 is 12.7 Å². The predicted octanol–water partition coefficient (Wildman–Crippen LogP) is 0.487. The lowest BCUT2D eigenvalue weighted by Crippen LogP contribution is -2.34. The predicted molar refractivity (Wildman–Crippen MR) is 87.4 cm³/mol. The summed E-state index contributed by atoms with van der Waals surface area (Å²) < 4.78 is 30.1. The average molecular weight is 367 g/mol. The molecule has 2 unspecified atom stereocenters. The smallest absolute Gasteiger partial charge is 0.387 e. The highest BCUT2D eigenvalue weighted by Crippen LogP contribution is 2.18. The first-order valence-corrected chi connectivity index (χ1v) is 8.10. The van der Waals surface area contributed by atoms with Crippen LogP contribution in [0.15, 0.2) is 24.3 Å². The van der Waals surface area contributed by atoms with Crippen molar-refractivity contribution in [2.45, 2.75) is 19.6 Å². The van der Waals surface area contributed by atoms with Crippen LogP contribution in [0.3, 0.4) is 0 Å². The first-order chi connectivity index (χ1) is 12.5. The SMILES string of the molecule is Cc1c(C(=O)NCC2CNCC2O)nnn1-c1ccc(OC(F)F)cc1. The zero-order valence-corrected chi connectivity index (χ0v) is 14.0. The highest BCUT2D eigenvalue weighted by atomic mass is 19.3. The standard InChI is InChI=1S/C16H19F2N5O3/c1-9-14(15(25)20-7-10-6-19-8-13(10)24)21-22-23(9)11-2-4-12(5-3-11)26-16(17)18/h2-5,10,13,16,19,24H,6-8H2,1H3,(H,20,25). The van der Waals surface area contributed by atoms with E-state index in [0.717, 1.165) is 0 Å². The van der Waals surface area contributed by atoms with Gasteiger partial charge < -0.3 is 20.5 Å². The first kappa shape index (κ1) is 18.2. The van der Waals surface area contributed by atoms with Crippen LogP contribution in [0.25, 0.3) is 5.69 Å². The number of carbonyl (C=O) groups is 1. The monoisotopic (exact) mass is 367 g/mol. The molecular formula is C16H19F2N5O3. The quantitative estimate of drug-likeness (QED) is 0.687. The number of aliphatic hydroxyl groups is 1. The van der Waals surface area contributed by atoms with Crippen molar-refractivity contribution in [3.05, 3.63) is 35.7 Å². The Kier molecular flexibility index (Phi) is 5.43. The van der Waals surface area contributed by atoms with Gasteiger partial charge in [0, 0.05) is 25.6 Å². The van der Waals surface area contributed by atoms with Gasteiger partial charge in [-0.3, -0.25) is 4.79 Å². The summed E-state index contributed by atoms with van der Waals surface area (Å²) in [5, 5.41) is 23.4. The second-order valence-electron chi connectivity index (χ2n) is 6.00. The highest BCUT2D eigenvalue weighted by Gasteiger charge is 2.26. The van der Waals surface area contributed by atoms with E-state index in [1.165, 1.54) is 16.8 Å². The zero-order valence-electron chi connectivity index (χ0n) is 14.0. The number of ether oxygens (including phenoxy) is 1. The Hall–Kier alpha value is -2.59. The Labute approximate surface area is 148 Å². The Morgan fingerprint density at radius 3 is 2.77 bits per heavy atom. The van der Waals surface area contributed by atoms with Crippen LogP contribution in [-0.2, 0) is 0 Å². The molecule has 10 heteroatoms. The molecule has 2 aromatic rings. The molecule has 0 radical (unpaired) electrons. The number of benzene rings is 1. The van der Waals surface area contributed by atoms with Crippen molar-refractivity contribution in [2.75, 3.05) is 19.6 Å². The minimum Gasteiger partial charge on any atom is -0.435 e. The molecule has 2 atom stereocenters. The van der Waals surface area contributed by atoms with Gasteiger partial charge in [-0.2, -0.15) is 8.78 Å². The molecule has 2 heterocycles. The van der Waals surface area contributed by atoms with Crippen LogP contribution in [0.5, 0.6) is 5.75 Å². The molecule has 140 valence electrons. The number of rotatable bonds is 6. The van der Waals surface area contributed by atoms with Crippen LogP contribution in [-0.4, -0.2) is 58.4 Å². The van der Waals surface area contributed by atoms with Crippen LogP contribution in [0.2, 0.25) is 0 Å². The molecule has 1 aliphatic heterocycles. The van der Waals surface area contributed by atoms with Crippen LogP contribution < -0.4 is 15.4 Å². The maximum absolute atomic E-state index is 12.3. The molecule has 0 bridgehead atoms.